The summed E-state index contributed by atoms with van der Waals surface area (Å²) in [5, 5.41) is 0. The van der Waals surface area contributed by atoms with Gasteiger partial charge in [0.25, 0.3) is 0 Å². The minimum Gasteiger partial charge on any atom is -0.511 e. The molecule has 0 fully saturated rings. The zero-order valence-corrected chi connectivity index (χ0v) is 37.7. The zero-order chi connectivity index (χ0) is 28.6. The summed E-state index contributed by atoms with van der Waals surface area (Å²) in [6, 6.07) is 0. The van der Waals surface area contributed by atoms with E-state index in [0.29, 0.717) is 0 Å². The van der Waals surface area contributed by atoms with E-state index in [0.717, 1.165) is 0 Å². The van der Waals surface area contributed by atoms with Gasteiger partial charge < -0.3 is 76.7 Å². The van der Waals surface area contributed by atoms with Crippen molar-refractivity contribution in [1.82, 2.24) is 0 Å². The van der Waals surface area contributed by atoms with E-state index >= 15 is 0 Å². The van der Waals surface area contributed by atoms with Gasteiger partial charge in [0.15, 0.2) is 0 Å². The average molecular weight is 855 g/mol. The molecule has 0 aliphatic rings. The zero-order valence-electron chi connectivity index (χ0n) is 19.2. The maximum absolute atomic E-state index is 8.74. The van der Waals surface area contributed by atoms with Crippen molar-refractivity contribution >= 4 is 143 Å². The first kappa shape index (κ1) is 97.0. The van der Waals surface area contributed by atoms with E-state index in [9.17, 15) is 0 Å². The molecule has 2 radical (unpaired) electrons. The van der Waals surface area contributed by atoms with Crippen molar-refractivity contribution in [3.8, 4) is 0 Å². The molecule has 24 nitrogen and oxygen atoms in total. The van der Waals surface area contributed by atoms with E-state index in [1.165, 1.54) is 0 Å². The van der Waals surface area contributed by atoms with Gasteiger partial charge in [0.1, 0.15) is 0 Å². The molecule has 0 aliphatic carbocycles. The van der Waals surface area contributed by atoms with Crippen molar-refractivity contribution in [1.29, 1.82) is 0 Å². The molecule has 0 bridgehead atoms. The standard InChI is InChI=1S/2Fe.3Mg.2Na.8H2O3Si/c;;;;;;;8*1-4(2)3/h;;;;;;;8*1-2H/q2*+3;3*+2;2*+1;;;;;;;;. The molecule has 39 heavy (non-hydrogen) atoms. The second-order valence-electron chi connectivity index (χ2n) is 2.26. The van der Waals surface area contributed by atoms with Crippen LogP contribution in [0.3, 0.4) is 0 Å². The number of hydrogen-bond donors (Lipinski definition) is 16. The van der Waals surface area contributed by atoms with Gasteiger partial charge in [-0.15, -0.1) is 0 Å². The second kappa shape index (κ2) is 90.0. The fourth-order valence-corrected chi connectivity index (χ4v) is 0. The topological polar surface area (TPSA) is 460 Å². The van der Waals surface area contributed by atoms with Crippen molar-refractivity contribution < 1.29 is 206 Å². The number of rotatable bonds is 0. The van der Waals surface area contributed by atoms with Gasteiger partial charge in [-0.3, -0.25) is 35.7 Å². The predicted octanol–water partition coefficient (Wildman–Crippen LogP) is -20.0. The third-order valence-electron chi connectivity index (χ3n) is 0. The first-order chi connectivity index (χ1) is 13.9. The van der Waals surface area contributed by atoms with Crippen molar-refractivity contribution in [3.05, 3.63) is 0 Å². The monoisotopic (exact) mass is 854 g/mol. The Hall–Kier alpha value is 2.27. The summed E-state index contributed by atoms with van der Waals surface area (Å²) >= 11 is 0. The van der Waals surface area contributed by atoms with E-state index in [1.807, 2.05) is 0 Å². The molecule has 0 aromatic heterocycles. The molecule has 0 atom stereocenters. The van der Waals surface area contributed by atoms with Crippen LogP contribution in [-0.2, 0) is 69.8 Å². The van der Waals surface area contributed by atoms with E-state index in [1.54, 1.807) is 0 Å². The maximum atomic E-state index is 8.74. The van der Waals surface area contributed by atoms with Crippen LogP contribution in [0, 0.1) is 0 Å². The van der Waals surface area contributed by atoms with Crippen LogP contribution < -0.4 is 59.1 Å². The Labute approximate surface area is 343 Å². The van der Waals surface area contributed by atoms with Crippen LogP contribution in [0.15, 0.2) is 0 Å². The molecule has 0 aliphatic heterocycles. The maximum Gasteiger partial charge on any atom is 3.00 e. The summed E-state index contributed by atoms with van der Waals surface area (Å²) in [4.78, 5) is 115. The number of hydrogen-bond acceptors (Lipinski definition) is 8. The van der Waals surface area contributed by atoms with E-state index in [2.05, 4.69) is 0 Å². The molecule has 0 spiro atoms. The van der Waals surface area contributed by atoms with Crippen LogP contribution in [0.4, 0.5) is 0 Å². The quantitative estimate of drug-likeness (QED) is 0.101. The Balaban J connectivity index is -0.0000000127. The molecule has 0 amide bonds. The molecule has 0 saturated carbocycles. The normalized spacial score (nSPS) is 4.92. The summed E-state index contributed by atoms with van der Waals surface area (Å²) in [7, 11) is -25.0. The molecule has 0 heterocycles. The summed E-state index contributed by atoms with van der Waals surface area (Å²) in [6.07, 6.45) is 0. The Morgan fingerprint density at radius 1 is 0.231 bits per heavy atom. The van der Waals surface area contributed by atoms with E-state index < -0.39 is 73.4 Å². The van der Waals surface area contributed by atoms with Gasteiger partial charge in [-0.1, -0.05) is 0 Å². The molecule has 0 unspecified atom stereocenters. The van der Waals surface area contributed by atoms with Crippen molar-refractivity contribution in [3.63, 3.8) is 0 Å². The Bertz CT molecular complexity index is 391. The van der Waals surface area contributed by atoms with Gasteiger partial charge in [0.2, 0.25) is 0 Å². The van der Waals surface area contributed by atoms with Crippen LogP contribution >= 0.6 is 0 Å². The smallest absolute Gasteiger partial charge is 0.511 e. The second-order valence-corrected chi connectivity index (χ2v) is 6.78. The Kier molecular flexibility index (Phi) is 224. The Morgan fingerprint density at radius 2 is 0.231 bits per heavy atom. The van der Waals surface area contributed by atoms with Crippen molar-refractivity contribution in [2.75, 3.05) is 0 Å². The third kappa shape index (κ3) is 11400. The van der Waals surface area contributed by atoms with Crippen LogP contribution in [0.5, 0.6) is 0 Å². The minimum atomic E-state index is -3.13. The van der Waals surface area contributed by atoms with Gasteiger partial charge in [-0.25, -0.2) is 0 Å². The molecule has 0 rings (SSSR count). The molecule has 0 aromatic rings. The van der Waals surface area contributed by atoms with Crippen LogP contribution in [0.2, 0.25) is 0 Å². The molecular weight excluding hydrogens is 839 g/mol. The van der Waals surface area contributed by atoms with Crippen molar-refractivity contribution in [2.24, 2.45) is 0 Å². The molecular formula is H16Fe2Mg3Na2O24Si8+14. The summed E-state index contributed by atoms with van der Waals surface area (Å²) < 4.78 is 69.9. The molecule has 16 N–H and O–H groups in total. The third-order valence-corrected chi connectivity index (χ3v) is 0. The van der Waals surface area contributed by atoms with Gasteiger partial charge in [-0.2, -0.15) is 0 Å². The molecule has 0 aromatic carbocycles. The molecule has 39 heteroatoms. The first-order valence-corrected chi connectivity index (χ1v) is 15.6. The fourth-order valence-electron chi connectivity index (χ4n) is 0. The van der Waals surface area contributed by atoms with Crippen LogP contribution in [0.25, 0.3) is 0 Å². The SMILES string of the molecule is O=[Si](O)O.O=[Si](O)O.O=[Si](O)O.O=[Si](O)O.O=[Si](O)O.O=[Si](O)O.O=[Si](O)O.O=[Si](O)O.[Fe+3].[Fe+3].[Mg+2].[Mg+2].[Mg+2].[Na+].[Na+]. The van der Waals surface area contributed by atoms with Crippen LogP contribution in [-0.4, -0.2) is 219 Å². The Morgan fingerprint density at radius 3 is 0.231 bits per heavy atom. The van der Waals surface area contributed by atoms with Gasteiger partial charge >= 0.3 is 236 Å². The predicted molar refractivity (Wildman–Crippen MR) is 104 cm³/mol. The largest absolute Gasteiger partial charge is 3.00 e. The van der Waals surface area contributed by atoms with Crippen LogP contribution in [0.1, 0.15) is 0 Å². The fraction of sp³-hybridized carbons (Fsp3) is 0. The average Bonchev–Trinajstić information content (AvgIpc) is 2.30. The van der Waals surface area contributed by atoms with Gasteiger partial charge in [-0.05, 0) is 0 Å². The van der Waals surface area contributed by atoms with Gasteiger partial charge in [0, 0.05) is 0 Å². The molecule has 202 valence electrons. The summed E-state index contributed by atoms with van der Waals surface area (Å²) in [6.45, 7) is 0. The van der Waals surface area contributed by atoms with E-state index in [-0.39, 0.29) is 162 Å². The summed E-state index contributed by atoms with van der Waals surface area (Å²) in [5.74, 6) is 0. The van der Waals surface area contributed by atoms with E-state index in [4.69, 9.17) is 112 Å². The molecule has 0 saturated heterocycles. The first-order valence-electron chi connectivity index (χ1n) is 5.21. The van der Waals surface area contributed by atoms with Crippen molar-refractivity contribution in [2.45, 2.75) is 0 Å². The van der Waals surface area contributed by atoms with Gasteiger partial charge in [0.05, 0.1) is 0 Å². The summed E-state index contributed by atoms with van der Waals surface area (Å²) in [5.41, 5.74) is 0. The minimum absolute atomic E-state index is 0.